The van der Waals surface area contributed by atoms with E-state index < -0.39 is 0 Å². The second-order valence-corrected chi connectivity index (χ2v) is 8.00. The van der Waals surface area contributed by atoms with Crippen LogP contribution in [0.5, 0.6) is 17.2 Å². The van der Waals surface area contributed by atoms with Gasteiger partial charge in [-0.05, 0) is 66.7 Å². The van der Waals surface area contributed by atoms with Crippen LogP contribution >= 0.6 is 15.9 Å². The lowest BCUT2D eigenvalue weighted by molar-refractivity contribution is 0.415. The number of hydrogen-bond acceptors (Lipinski definition) is 10. The molecule has 10 nitrogen and oxygen atoms in total. The molecule has 178 valence electrons. The zero-order chi connectivity index (χ0) is 24.6. The molecule has 0 bridgehead atoms. The number of phenolic OH excluding ortho intramolecular Hbond substituents is 1. The first-order valence-electron chi connectivity index (χ1n) is 10.4. The standard InChI is InChI=1S/C24H22BrN7O3/c1-34-19-8-4-17(5-9-19)27-22-29-23(28-18-6-10-20(35-2)11-7-18)31-24(30-22)32-26-14-15-13-16(25)3-12-21(15)33/h3-14,33H,1-2H3,(H3,27,28,29,30,31,32)/b26-14+. The van der Waals surface area contributed by atoms with Crippen LogP contribution in [0.4, 0.5) is 29.2 Å². The van der Waals surface area contributed by atoms with E-state index in [2.05, 4.69) is 52.0 Å². The van der Waals surface area contributed by atoms with Crippen molar-refractivity contribution in [3.8, 4) is 17.2 Å². The number of aromatic hydroxyl groups is 1. The van der Waals surface area contributed by atoms with Crippen molar-refractivity contribution in [1.82, 2.24) is 15.0 Å². The molecule has 4 N–H and O–H groups in total. The molecule has 1 aromatic heterocycles. The smallest absolute Gasteiger partial charge is 0.250 e. The van der Waals surface area contributed by atoms with Crippen LogP contribution in [0, 0.1) is 0 Å². The summed E-state index contributed by atoms with van der Waals surface area (Å²) in [6.45, 7) is 0. The van der Waals surface area contributed by atoms with Crippen LogP contribution in [0.2, 0.25) is 0 Å². The lowest BCUT2D eigenvalue weighted by atomic mass is 10.2. The molecule has 0 aliphatic heterocycles. The van der Waals surface area contributed by atoms with Crippen molar-refractivity contribution in [3.05, 3.63) is 76.8 Å². The van der Waals surface area contributed by atoms with Crippen molar-refractivity contribution in [3.63, 3.8) is 0 Å². The molecule has 0 unspecified atom stereocenters. The van der Waals surface area contributed by atoms with Crippen molar-refractivity contribution in [1.29, 1.82) is 0 Å². The summed E-state index contributed by atoms with van der Waals surface area (Å²) in [6.07, 6.45) is 1.47. The van der Waals surface area contributed by atoms with Gasteiger partial charge < -0.3 is 25.2 Å². The Kier molecular flexibility index (Phi) is 7.58. The van der Waals surface area contributed by atoms with Crippen LogP contribution in [0.25, 0.3) is 0 Å². The largest absolute Gasteiger partial charge is 0.507 e. The zero-order valence-electron chi connectivity index (χ0n) is 18.9. The molecule has 0 spiro atoms. The highest BCUT2D eigenvalue weighted by Crippen LogP contribution is 2.23. The number of benzene rings is 3. The minimum absolute atomic E-state index is 0.0955. The summed E-state index contributed by atoms with van der Waals surface area (Å²) in [5, 5.41) is 20.5. The number of aromatic nitrogens is 3. The highest BCUT2D eigenvalue weighted by atomic mass is 79.9. The molecule has 0 aliphatic rings. The Morgan fingerprint density at radius 1 is 0.771 bits per heavy atom. The average molecular weight is 536 g/mol. The van der Waals surface area contributed by atoms with Crippen LogP contribution in [0.15, 0.2) is 76.3 Å². The third-order valence-corrected chi connectivity index (χ3v) is 5.18. The second kappa shape index (κ2) is 11.2. The summed E-state index contributed by atoms with van der Waals surface area (Å²) >= 11 is 3.37. The highest BCUT2D eigenvalue weighted by Gasteiger charge is 2.08. The first-order valence-corrected chi connectivity index (χ1v) is 11.2. The lowest BCUT2D eigenvalue weighted by Crippen LogP contribution is -2.07. The molecule has 0 saturated carbocycles. The topological polar surface area (TPSA) is 126 Å². The van der Waals surface area contributed by atoms with Gasteiger partial charge in [0.05, 0.1) is 20.4 Å². The predicted molar refractivity (Wildman–Crippen MR) is 139 cm³/mol. The van der Waals surface area contributed by atoms with E-state index in [1.54, 1.807) is 32.4 Å². The molecule has 0 fully saturated rings. The summed E-state index contributed by atoms with van der Waals surface area (Å²) < 4.78 is 11.2. The second-order valence-electron chi connectivity index (χ2n) is 7.09. The van der Waals surface area contributed by atoms with E-state index >= 15 is 0 Å². The highest BCUT2D eigenvalue weighted by molar-refractivity contribution is 9.10. The molecule has 0 aliphatic carbocycles. The van der Waals surface area contributed by atoms with Crippen molar-refractivity contribution in [2.45, 2.75) is 0 Å². The molecule has 0 atom stereocenters. The SMILES string of the molecule is COc1ccc(Nc2nc(N/N=C/c3cc(Br)ccc3O)nc(Nc3ccc(OC)cc3)n2)cc1. The molecule has 1 heterocycles. The quantitative estimate of drug-likeness (QED) is 0.167. The Balaban J connectivity index is 1.58. The number of methoxy groups -OCH3 is 2. The first kappa shape index (κ1) is 23.8. The van der Waals surface area contributed by atoms with E-state index in [1.807, 2.05) is 48.5 Å². The van der Waals surface area contributed by atoms with Crippen molar-refractivity contribution < 1.29 is 14.6 Å². The van der Waals surface area contributed by atoms with E-state index in [1.165, 1.54) is 6.21 Å². The van der Waals surface area contributed by atoms with Gasteiger partial charge in [-0.3, -0.25) is 0 Å². The normalized spacial score (nSPS) is 10.7. The zero-order valence-corrected chi connectivity index (χ0v) is 20.4. The number of nitrogens with zero attached hydrogens (tertiary/aromatic N) is 4. The lowest BCUT2D eigenvalue weighted by Gasteiger charge is -2.11. The predicted octanol–water partition coefficient (Wildman–Crippen LogP) is 5.29. The molecule has 0 saturated heterocycles. The minimum Gasteiger partial charge on any atom is -0.507 e. The summed E-state index contributed by atoms with van der Waals surface area (Å²) in [5.41, 5.74) is 4.84. The third kappa shape index (κ3) is 6.58. The van der Waals surface area contributed by atoms with Gasteiger partial charge in [0.1, 0.15) is 17.2 Å². The van der Waals surface area contributed by atoms with E-state index in [-0.39, 0.29) is 11.7 Å². The Hall–Kier alpha value is -4.38. The molecule has 0 radical (unpaired) electrons. The first-order chi connectivity index (χ1) is 17.0. The maximum atomic E-state index is 10.0. The van der Waals surface area contributed by atoms with Crippen molar-refractivity contribution in [2.75, 3.05) is 30.3 Å². The number of rotatable bonds is 9. The summed E-state index contributed by atoms with van der Waals surface area (Å²) in [7, 11) is 3.22. The molecular weight excluding hydrogens is 514 g/mol. The molecular formula is C24H22BrN7O3. The van der Waals surface area contributed by atoms with Gasteiger partial charge in [0, 0.05) is 21.4 Å². The number of phenols is 1. The van der Waals surface area contributed by atoms with Gasteiger partial charge >= 0.3 is 0 Å². The Labute approximate surface area is 210 Å². The Morgan fingerprint density at radius 3 is 1.80 bits per heavy atom. The molecule has 35 heavy (non-hydrogen) atoms. The van der Waals surface area contributed by atoms with Crippen LogP contribution in [-0.2, 0) is 0 Å². The summed E-state index contributed by atoms with van der Waals surface area (Å²) in [4.78, 5) is 13.2. The van der Waals surface area contributed by atoms with E-state index in [4.69, 9.17) is 9.47 Å². The number of halogens is 1. The van der Waals surface area contributed by atoms with E-state index in [0.29, 0.717) is 17.5 Å². The fraction of sp³-hybridized carbons (Fsp3) is 0.0833. The van der Waals surface area contributed by atoms with Crippen molar-refractivity contribution in [2.24, 2.45) is 5.10 Å². The third-order valence-electron chi connectivity index (χ3n) is 4.69. The van der Waals surface area contributed by atoms with Gasteiger partial charge in [0.15, 0.2) is 0 Å². The molecule has 4 aromatic rings. The summed E-state index contributed by atoms with van der Waals surface area (Å²) in [6, 6.07) is 19.7. The van der Waals surface area contributed by atoms with Gasteiger partial charge in [0.25, 0.3) is 0 Å². The fourth-order valence-corrected chi connectivity index (χ4v) is 3.31. The molecule has 0 amide bonds. The van der Waals surface area contributed by atoms with Gasteiger partial charge in [-0.25, -0.2) is 5.43 Å². The van der Waals surface area contributed by atoms with Gasteiger partial charge in [-0.2, -0.15) is 20.1 Å². The van der Waals surface area contributed by atoms with Gasteiger partial charge in [-0.15, -0.1) is 0 Å². The molecule has 11 heteroatoms. The van der Waals surface area contributed by atoms with Crippen LogP contribution in [-0.4, -0.2) is 40.5 Å². The summed E-state index contributed by atoms with van der Waals surface area (Å²) in [5.74, 6) is 2.35. The average Bonchev–Trinajstić information content (AvgIpc) is 2.87. The van der Waals surface area contributed by atoms with Crippen LogP contribution in [0.3, 0.4) is 0 Å². The van der Waals surface area contributed by atoms with Crippen molar-refractivity contribution >= 4 is 51.4 Å². The van der Waals surface area contributed by atoms with E-state index in [9.17, 15) is 5.11 Å². The number of anilines is 5. The molecule has 4 rings (SSSR count). The van der Waals surface area contributed by atoms with Crippen LogP contribution < -0.4 is 25.5 Å². The van der Waals surface area contributed by atoms with E-state index in [0.717, 1.165) is 27.3 Å². The maximum Gasteiger partial charge on any atom is 0.250 e. The number of ether oxygens (including phenoxy) is 2. The number of hydrogen-bond donors (Lipinski definition) is 4. The monoisotopic (exact) mass is 535 g/mol. The maximum absolute atomic E-state index is 10.0. The Bertz CT molecular complexity index is 1250. The minimum atomic E-state index is 0.0955. The fourth-order valence-electron chi connectivity index (χ4n) is 2.93. The molecule has 3 aromatic carbocycles. The Morgan fingerprint density at radius 2 is 1.29 bits per heavy atom. The number of nitrogens with one attached hydrogen (secondary N) is 3. The van der Waals surface area contributed by atoms with Gasteiger partial charge in [0.2, 0.25) is 17.8 Å². The number of hydrazone groups is 1. The van der Waals surface area contributed by atoms with Gasteiger partial charge in [-0.1, -0.05) is 15.9 Å². The van der Waals surface area contributed by atoms with Crippen LogP contribution in [0.1, 0.15) is 5.56 Å².